The van der Waals surface area contributed by atoms with E-state index in [1.807, 2.05) is 0 Å². The van der Waals surface area contributed by atoms with Gasteiger partial charge in [0.1, 0.15) is 5.69 Å². The van der Waals surface area contributed by atoms with Crippen LogP contribution in [0.1, 0.15) is 74.7 Å². The molecule has 0 atom stereocenters. The first-order chi connectivity index (χ1) is 8.90. The molecular weight excluding hydrogens is 224 g/mol. The molecule has 4 nitrogen and oxygen atoms in total. The van der Waals surface area contributed by atoms with Crippen molar-refractivity contribution in [2.24, 2.45) is 0 Å². The summed E-state index contributed by atoms with van der Waals surface area (Å²) in [7, 11) is 0. The number of hydrogen-bond acceptors (Lipinski definition) is 3. The highest BCUT2D eigenvalue weighted by Gasteiger charge is 2.29. The van der Waals surface area contributed by atoms with Crippen LogP contribution in [0.15, 0.2) is 0 Å². The Labute approximate surface area is 108 Å². The first-order valence-corrected chi connectivity index (χ1v) is 7.21. The lowest BCUT2D eigenvalue weighted by atomic mass is 10.00. The van der Waals surface area contributed by atoms with Gasteiger partial charge in [0.2, 0.25) is 0 Å². The molecule has 1 heterocycles. The van der Waals surface area contributed by atoms with E-state index in [0.29, 0.717) is 18.4 Å². The molecule has 0 unspecified atom stereocenters. The van der Waals surface area contributed by atoms with E-state index >= 15 is 0 Å². The van der Waals surface area contributed by atoms with Gasteiger partial charge >= 0.3 is 0 Å². The molecule has 0 aromatic carbocycles. The van der Waals surface area contributed by atoms with E-state index in [0.717, 1.165) is 5.69 Å². The van der Waals surface area contributed by atoms with E-state index in [1.165, 1.54) is 57.1 Å². The van der Waals surface area contributed by atoms with Crippen molar-refractivity contribution in [3.8, 4) is 6.07 Å². The van der Waals surface area contributed by atoms with E-state index in [-0.39, 0.29) is 0 Å². The topological polar surface area (TPSA) is 54.5 Å². The van der Waals surface area contributed by atoms with Crippen molar-refractivity contribution in [3.05, 3.63) is 11.4 Å². The van der Waals surface area contributed by atoms with Gasteiger partial charge in [-0.15, -0.1) is 5.10 Å². The summed E-state index contributed by atoms with van der Waals surface area (Å²) in [5.41, 5.74) is 2.23. The first-order valence-electron chi connectivity index (χ1n) is 7.21. The molecule has 4 heteroatoms. The lowest BCUT2D eigenvalue weighted by molar-refractivity contribution is 0.424. The average molecular weight is 244 g/mol. The van der Waals surface area contributed by atoms with Crippen LogP contribution in [-0.2, 0) is 6.42 Å². The molecule has 0 spiro atoms. The zero-order valence-corrected chi connectivity index (χ0v) is 10.8. The van der Waals surface area contributed by atoms with Gasteiger partial charge in [-0.2, -0.15) is 5.26 Å². The van der Waals surface area contributed by atoms with Crippen LogP contribution in [0.5, 0.6) is 0 Å². The number of rotatable bonds is 3. The lowest BCUT2D eigenvalue weighted by Gasteiger charge is -2.17. The van der Waals surface area contributed by atoms with Crippen molar-refractivity contribution in [1.82, 2.24) is 15.0 Å². The number of nitrogens with zero attached hydrogens (tertiary/aromatic N) is 4. The Morgan fingerprint density at radius 3 is 2.44 bits per heavy atom. The third-order valence-electron chi connectivity index (χ3n) is 4.46. The minimum atomic E-state index is 0.415. The molecule has 0 amide bonds. The minimum Gasteiger partial charge on any atom is -0.246 e. The van der Waals surface area contributed by atoms with Gasteiger partial charge < -0.3 is 0 Å². The van der Waals surface area contributed by atoms with Crippen LogP contribution in [0.25, 0.3) is 0 Å². The van der Waals surface area contributed by atoms with Gasteiger partial charge in [0.05, 0.1) is 24.2 Å². The van der Waals surface area contributed by atoms with Crippen molar-refractivity contribution in [2.45, 2.75) is 69.7 Å². The summed E-state index contributed by atoms with van der Waals surface area (Å²) in [5.74, 6) is 0.601. The number of hydrogen-bond donors (Lipinski definition) is 0. The minimum absolute atomic E-state index is 0.415. The fraction of sp³-hybridized carbons (Fsp3) is 0.786. The van der Waals surface area contributed by atoms with Gasteiger partial charge in [0, 0.05) is 5.92 Å². The van der Waals surface area contributed by atoms with Crippen molar-refractivity contribution < 1.29 is 0 Å². The summed E-state index contributed by atoms with van der Waals surface area (Å²) in [6, 6.07) is 2.78. The molecule has 2 fully saturated rings. The number of aromatic nitrogens is 3. The molecule has 18 heavy (non-hydrogen) atoms. The standard InChI is InChI=1S/C14H20N4/c15-10-9-13-14(11-5-1-2-6-11)18(17-16-13)12-7-3-4-8-12/h11-12H,1-9H2. The first kappa shape index (κ1) is 11.7. The van der Waals surface area contributed by atoms with E-state index in [2.05, 4.69) is 21.1 Å². The lowest BCUT2D eigenvalue weighted by Crippen LogP contribution is -2.13. The molecule has 2 aliphatic rings. The zero-order valence-electron chi connectivity index (χ0n) is 10.8. The quantitative estimate of drug-likeness (QED) is 0.820. The molecule has 0 N–H and O–H groups in total. The molecule has 96 valence electrons. The molecule has 2 saturated carbocycles. The molecule has 1 aromatic heterocycles. The van der Waals surface area contributed by atoms with Gasteiger partial charge in [0.25, 0.3) is 0 Å². The van der Waals surface area contributed by atoms with Gasteiger partial charge in [-0.1, -0.05) is 30.9 Å². The van der Waals surface area contributed by atoms with Crippen molar-refractivity contribution in [3.63, 3.8) is 0 Å². The second-order valence-corrected chi connectivity index (χ2v) is 5.62. The summed E-state index contributed by atoms with van der Waals surface area (Å²) in [6.07, 6.45) is 10.6. The van der Waals surface area contributed by atoms with Crippen LogP contribution in [-0.4, -0.2) is 15.0 Å². The van der Waals surface area contributed by atoms with Crippen LogP contribution in [0.3, 0.4) is 0 Å². The van der Waals surface area contributed by atoms with Gasteiger partial charge in [-0.05, 0) is 25.7 Å². The molecular formula is C14H20N4. The maximum atomic E-state index is 8.93. The Morgan fingerprint density at radius 2 is 1.78 bits per heavy atom. The summed E-state index contributed by atoms with van der Waals surface area (Å²) in [4.78, 5) is 0. The predicted molar refractivity (Wildman–Crippen MR) is 68.1 cm³/mol. The summed E-state index contributed by atoms with van der Waals surface area (Å²) in [6.45, 7) is 0. The predicted octanol–water partition coefficient (Wildman–Crippen LogP) is 3.12. The maximum absolute atomic E-state index is 8.93. The van der Waals surface area contributed by atoms with Crippen molar-refractivity contribution in [1.29, 1.82) is 5.26 Å². The molecule has 0 radical (unpaired) electrons. The Hall–Kier alpha value is -1.37. The number of nitriles is 1. The van der Waals surface area contributed by atoms with Gasteiger partial charge in [-0.3, -0.25) is 0 Å². The van der Waals surface area contributed by atoms with E-state index in [4.69, 9.17) is 5.26 Å². The Kier molecular flexibility index (Phi) is 3.31. The highest BCUT2D eigenvalue weighted by Crippen LogP contribution is 2.39. The highest BCUT2D eigenvalue weighted by atomic mass is 15.4. The van der Waals surface area contributed by atoms with E-state index in [9.17, 15) is 0 Å². The van der Waals surface area contributed by atoms with Gasteiger partial charge in [0.15, 0.2) is 0 Å². The molecule has 2 aliphatic carbocycles. The fourth-order valence-corrected chi connectivity index (χ4v) is 3.58. The summed E-state index contributed by atoms with van der Waals surface area (Å²) < 4.78 is 2.18. The van der Waals surface area contributed by atoms with Crippen LogP contribution in [0.4, 0.5) is 0 Å². The van der Waals surface area contributed by atoms with Crippen LogP contribution in [0.2, 0.25) is 0 Å². The molecule has 3 rings (SSSR count). The smallest absolute Gasteiger partial charge is 0.100 e. The maximum Gasteiger partial charge on any atom is 0.100 e. The Balaban J connectivity index is 1.94. The normalized spacial score (nSPS) is 21.5. The molecule has 0 saturated heterocycles. The third-order valence-corrected chi connectivity index (χ3v) is 4.46. The zero-order chi connectivity index (χ0) is 12.4. The van der Waals surface area contributed by atoms with Gasteiger partial charge in [-0.25, -0.2) is 4.68 Å². The highest BCUT2D eigenvalue weighted by molar-refractivity contribution is 5.20. The average Bonchev–Trinajstić information content (AvgIpc) is 3.10. The SMILES string of the molecule is N#CCc1nnn(C2CCCC2)c1C1CCCC1. The molecule has 0 aliphatic heterocycles. The van der Waals surface area contributed by atoms with Crippen LogP contribution < -0.4 is 0 Å². The fourth-order valence-electron chi connectivity index (χ4n) is 3.58. The van der Waals surface area contributed by atoms with Crippen molar-refractivity contribution >= 4 is 0 Å². The summed E-state index contributed by atoms with van der Waals surface area (Å²) in [5, 5.41) is 17.6. The second-order valence-electron chi connectivity index (χ2n) is 5.62. The molecule has 1 aromatic rings. The Morgan fingerprint density at radius 1 is 1.11 bits per heavy atom. The Bertz CT molecular complexity index is 445. The van der Waals surface area contributed by atoms with Crippen LogP contribution >= 0.6 is 0 Å². The van der Waals surface area contributed by atoms with E-state index < -0.39 is 0 Å². The van der Waals surface area contributed by atoms with E-state index in [1.54, 1.807) is 0 Å². The monoisotopic (exact) mass is 244 g/mol. The second kappa shape index (κ2) is 5.09. The summed E-state index contributed by atoms with van der Waals surface area (Å²) >= 11 is 0. The third kappa shape index (κ3) is 2.03. The van der Waals surface area contributed by atoms with Crippen molar-refractivity contribution in [2.75, 3.05) is 0 Å². The molecule has 0 bridgehead atoms. The van der Waals surface area contributed by atoms with Crippen LogP contribution in [0, 0.1) is 11.3 Å². The largest absolute Gasteiger partial charge is 0.246 e.